The van der Waals surface area contributed by atoms with E-state index < -0.39 is 5.91 Å². The van der Waals surface area contributed by atoms with Crippen LogP contribution in [-0.4, -0.2) is 21.7 Å². The van der Waals surface area contributed by atoms with Crippen LogP contribution in [0.4, 0.5) is 11.6 Å². The topological polar surface area (TPSA) is 133 Å². The Bertz CT molecular complexity index is 439. The predicted octanol–water partition coefficient (Wildman–Crippen LogP) is -0.188. The van der Waals surface area contributed by atoms with Gasteiger partial charge in [0.15, 0.2) is 22.5 Å². The van der Waals surface area contributed by atoms with Crippen LogP contribution in [0.15, 0.2) is 4.99 Å². The minimum atomic E-state index is -0.707. The summed E-state index contributed by atoms with van der Waals surface area (Å²) in [6.07, 6.45) is 0. The largest absolute Gasteiger partial charge is 0.387 e. The number of carbonyl (C=O) groups is 1. The lowest BCUT2D eigenvalue weighted by Gasteiger charge is -2.02. The Morgan fingerprint density at radius 1 is 1.33 bits per heavy atom. The van der Waals surface area contributed by atoms with Crippen molar-refractivity contribution in [3.63, 3.8) is 0 Å². The summed E-state index contributed by atoms with van der Waals surface area (Å²) in [5, 5.41) is -0.0996. The van der Waals surface area contributed by atoms with Crippen LogP contribution < -0.4 is 17.2 Å². The number of hydrogen-bond acceptors (Lipinski definition) is 5. The zero-order valence-corrected chi connectivity index (χ0v) is 8.62. The molecular weight excluding hydrogens is 220 g/mol. The number of halogens is 1. The van der Waals surface area contributed by atoms with Gasteiger partial charge in [-0.25, -0.2) is 9.97 Å². The van der Waals surface area contributed by atoms with Crippen molar-refractivity contribution in [1.29, 1.82) is 0 Å². The summed E-state index contributed by atoms with van der Waals surface area (Å²) in [5.41, 5.74) is 15.8. The van der Waals surface area contributed by atoms with Gasteiger partial charge in [0.1, 0.15) is 5.84 Å². The number of anilines is 2. The summed E-state index contributed by atoms with van der Waals surface area (Å²) < 4.78 is 0. The van der Waals surface area contributed by atoms with Crippen LogP contribution in [0, 0.1) is 0 Å². The van der Waals surface area contributed by atoms with Crippen LogP contribution >= 0.6 is 11.6 Å². The second-order valence-electron chi connectivity index (χ2n) is 2.69. The zero-order valence-electron chi connectivity index (χ0n) is 7.86. The fraction of sp³-hybridized carbons (Fsp3) is 0.143. The number of nitrogens with two attached hydrogens (primary N) is 3. The lowest BCUT2D eigenvalue weighted by molar-refractivity contribution is 0.0999. The highest BCUT2D eigenvalue weighted by Crippen LogP contribution is 2.17. The molecule has 0 saturated heterocycles. The highest BCUT2D eigenvalue weighted by atomic mass is 35.5. The average Bonchev–Trinajstić information content (AvgIpc) is 2.09. The number of aromatic nitrogens is 2. The van der Waals surface area contributed by atoms with Gasteiger partial charge in [0.05, 0.1) is 0 Å². The van der Waals surface area contributed by atoms with Gasteiger partial charge in [0.2, 0.25) is 0 Å². The summed E-state index contributed by atoms with van der Waals surface area (Å²) in [6, 6.07) is 0. The normalized spacial score (nSPS) is 11.5. The van der Waals surface area contributed by atoms with E-state index in [4.69, 9.17) is 28.8 Å². The van der Waals surface area contributed by atoms with E-state index in [-0.39, 0.29) is 28.3 Å². The smallest absolute Gasteiger partial charge is 0.301 e. The van der Waals surface area contributed by atoms with Crippen LogP contribution in [0.1, 0.15) is 17.4 Å². The third-order valence-corrected chi connectivity index (χ3v) is 1.66. The van der Waals surface area contributed by atoms with E-state index in [2.05, 4.69) is 15.0 Å². The van der Waals surface area contributed by atoms with Gasteiger partial charge in [-0.05, 0) is 6.92 Å². The van der Waals surface area contributed by atoms with Crippen LogP contribution in [0.5, 0.6) is 0 Å². The molecule has 0 fully saturated rings. The number of rotatable bonds is 1. The van der Waals surface area contributed by atoms with Gasteiger partial charge in [-0.2, -0.15) is 4.99 Å². The number of nitrogens with zero attached hydrogens (tertiary/aromatic N) is 3. The lowest BCUT2D eigenvalue weighted by Crippen LogP contribution is -2.13. The Labute approximate surface area is 90.3 Å². The van der Waals surface area contributed by atoms with E-state index in [9.17, 15) is 4.79 Å². The van der Waals surface area contributed by atoms with Crippen molar-refractivity contribution in [2.45, 2.75) is 6.92 Å². The monoisotopic (exact) mass is 228 g/mol. The molecule has 1 amide bonds. The molecule has 1 aromatic rings. The zero-order chi connectivity index (χ0) is 11.6. The molecule has 0 atom stereocenters. The number of aliphatic imine (C=N–C) groups is 1. The average molecular weight is 229 g/mol. The summed E-state index contributed by atoms with van der Waals surface area (Å²) in [7, 11) is 0. The first-order valence-electron chi connectivity index (χ1n) is 3.85. The quantitative estimate of drug-likeness (QED) is 0.451. The maximum Gasteiger partial charge on any atom is 0.301 e. The summed E-state index contributed by atoms with van der Waals surface area (Å²) in [5.74, 6) is -0.790. The highest BCUT2D eigenvalue weighted by molar-refractivity contribution is 6.31. The molecule has 7 nitrogen and oxygen atoms in total. The van der Waals surface area contributed by atoms with Crippen molar-refractivity contribution < 1.29 is 4.79 Å². The SMILES string of the molecule is C/C(N)=N/C(=O)c1nc(Cl)c(N)nc1N. The minimum Gasteiger partial charge on any atom is -0.387 e. The molecule has 80 valence electrons. The van der Waals surface area contributed by atoms with Crippen LogP contribution in [0.3, 0.4) is 0 Å². The molecular formula is C7H9ClN6O. The number of amidine groups is 1. The lowest BCUT2D eigenvalue weighted by atomic mass is 10.4. The standard InChI is InChI=1S/C7H9ClN6O/c1-2(9)12-7(15)3-5(10)14-6(11)4(8)13-3/h1H3,(H2,9,12,15)(H4,10,11,14). The first-order chi connectivity index (χ1) is 6.91. The van der Waals surface area contributed by atoms with Crippen molar-refractivity contribution >= 4 is 35.0 Å². The number of nitrogen functional groups attached to an aromatic ring is 2. The Morgan fingerprint density at radius 3 is 2.47 bits per heavy atom. The fourth-order valence-corrected chi connectivity index (χ4v) is 0.939. The second-order valence-corrected chi connectivity index (χ2v) is 3.05. The molecule has 0 bridgehead atoms. The Kier molecular flexibility index (Phi) is 3.05. The van der Waals surface area contributed by atoms with Crippen molar-refractivity contribution in [2.24, 2.45) is 10.7 Å². The molecule has 8 heteroatoms. The van der Waals surface area contributed by atoms with Gasteiger partial charge in [-0.1, -0.05) is 11.6 Å². The molecule has 15 heavy (non-hydrogen) atoms. The van der Waals surface area contributed by atoms with Crippen molar-refractivity contribution in [1.82, 2.24) is 9.97 Å². The second kappa shape index (κ2) is 4.09. The molecule has 0 aliphatic carbocycles. The molecule has 6 N–H and O–H groups in total. The van der Waals surface area contributed by atoms with E-state index in [0.717, 1.165) is 0 Å². The van der Waals surface area contributed by atoms with Gasteiger partial charge in [-0.3, -0.25) is 4.79 Å². The van der Waals surface area contributed by atoms with Gasteiger partial charge < -0.3 is 17.2 Å². The van der Waals surface area contributed by atoms with E-state index in [1.165, 1.54) is 6.92 Å². The maximum atomic E-state index is 11.4. The molecule has 0 saturated carbocycles. The maximum absolute atomic E-state index is 11.4. The summed E-state index contributed by atoms with van der Waals surface area (Å²) in [6.45, 7) is 1.46. The van der Waals surface area contributed by atoms with Gasteiger partial charge in [0.25, 0.3) is 0 Å². The molecule has 0 radical (unpaired) electrons. The molecule has 1 aromatic heterocycles. The third-order valence-electron chi connectivity index (χ3n) is 1.39. The molecule has 0 aliphatic heterocycles. The van der Waals surface area contributed by atoms with Crippen molar-refractivity contribution in [3.05, 3.63) is 10.8 Å². The van der Waals surface area contributed by atoms with E-state index in [1.54, 1.807) is 0 Å². The highest BCUT2D eigenvalue weighted by Gasteiger charge is 2.14. The van der Waals surface area contributed by atoms with Gasteiger partial charge in [0, 0.05) is 0 Å². The number of carbonyl (C=O) groups excluding carboxylic acids is 1. The van der Waals surface area contributed by atoms with Crippen molar-refractivity contribution in [2.75, 3.05) is 11.5 Å². The Balaban J connectivity index is 3.21. The minimum absolute atomic E-state index is 0.0424. The van der Waals surface area contributed by atoms with Crippen molar-refractivity contribution in [3.8, 4) is 0 Å². The number of hydrogen-bond donors (Lipinski definition) is 3. The van der Waals surface area contributed by atoms with Crippen LogP contribution in [0.2, 0.25) is 5.15 Å². The summed E-state index contributed by atoms with van der Waals surface area (Å²) in [4.78, 5) is 22.1. The third kappa shape index (κ3) is 2.53. The fourth-order valence-electron chi connectivity index (χ4n) is 0.812. The molecule has 0 aromatic carbocycles. The molecule has 1 rings (SSSR count). The Hall–Kier alpha value is -1.89. The van der Waals surface area contributed by atoms with Crippen LogP contribution in [0.25, 0.3) is 0 Å². The molecule has 0 aliphatic rings. The first-order valence-corrected chi connectivity index (χ1v) is 4.23. The predicted molar refractivity (Wildman–Crippen MR) is 57.5 cm³/mol. The molecule has 0 spiro atoms. The summed E-state index contributed by atoms with van der Waals surface area (Å²) >= 11 is 5.58. The Morgan fingerprint density at radius 2 is 1.93 bits per heavy atom. The van der Waals surface area contributed by atoms with E-state index in [0.29, 0.717) is 0 Å². The van der Waals surface area contributed by atoms with Gasteiger partial charge in [-0.15, -0.1) is 0 Å². The van der Waals surface area contributed by atoms with E-state index in [1.807, 2.05) is 0 Å². The van der Waals surface area contributed by atoms with Crippen LogP contribution in [-0.2, 0) is 0 Å². The first kappa shape index (κ1) is 11.2. The number of amides is 1. The molecule has 0 unspecified atom stereocenters. The molecule has 1 heterocycles. The van der Waals surface area contributed by atoms with Gasteiger partial charge >= 0.3 is 5.91 Å². The van der Waals surface area contributed by atoms with E-state index >= 15 is 0 Å².